The predicted octanol–water partition coefficient (Wildman–Crippen LogP) is 3.12. The molecule has 31 heavy (non-hydrogen) atoms. The highest BCUT2D eigenvalue weighted by Gasteiger charge is 2.23. The summed E-state index contributed by atoms with van der Waals surface area (Å²) in [5.41, 5.74) is 1.30. The molecule has 1 aliphatic rings. The zero-order valence-electron chi connectivity index (χ0n) is 19.1. The van der Waals surface area contributed by atoms with E-state index in [9.17, 15) is 4.79 Å². The van der Waals surface area contributed by atoms with Crippen molar-refractivity contribution in [2.75, 3.05) is 26.7 Å². The van der Waals surface area contributed by atoms with Crippen molar-refractivity contribution in [3.8, 4) is 0 Å². The maximum absolute atomic E-state index is 12.6. The van der Waals surface area contributed by atoms with Crippen LogP contribution in [0.15, 0.2) is 45.9 Å². The lowest BCUT2D eigenvalue weighted by Crippen LogP contribution is -2.46. The number of oxazole rings is 1. The first-order chi connectivity index (χ1) is 14.8. The molecular weight excluding hydrogens is 390 g/mol. The lowest BCUT2D eigenvalue weighted by molar-refractivity contribution is -0.131. The molecule has 7 heteroatoms. The van der Waals surface area contributed by atoms with Crippen LogP contribution in [-0.4, -0.2) is 48.4 Å². The van der Waals surface area contributed by atoms with Gasteiger partial charge in [-0.1, -0.05) is 51.1 Å². The SMILES string of the molecule is CN=C(NCC(=O)N1CCC(Cc2ccccc2)CC1)NCc1ncc(C(C)(C)C)o1. The van der Waals surface area contributed by atoms with Gasteiger partial charge in [-0.25, -0.2) is 4.98 Å². The first kappa shape index (κ1) is 22.8. The van der Waals surface area contributed by atoms with Crippen molar-refractivity contribution >= 4 is 11.9 Å². The maximum atomic E-state index is 12.6. The highest BCUT2D eigenvalue weighted by molar-refractivity contribution is 5.86. The van der Waals surface area contributed by atoms with E-state index in [-0.39, 0.29) is 17.9 Å². The standard InChI is InChI=1S/C24H35N5O2/c1-24(2,3)20-15-26-21(31-20)16-27-23(25-4)28-17-22(30)29-12-10-19(11-13-29)14-18-8-6-5-7-9-18/h5-9,15,19H,10-14,16-17H2,1-4H3,(H2,25,27,28). The Balaban J connectivity index is 1.38. The van der Waals surface area contributed by atoms with Gasteiger partial charge in [-0.3, -0.25) is 9.79 Å². The van der Waals surface area contributed by atoms with Crippen molar-refractivity contribution in [1.29, 1.82) is 0 Å². The Morgan fingerprint density at radius 1 is 1.19 bits per heavy atom. The number of aromatic nitrogens is 1. The van der Waals surface area contributed by atoms with Crippen LogP contribution in [0.2, 0.25) is 0 Å². The molecule has 0 radical (unpaired) electrons. The second-order valence-corrected chi connectivity index (χ2v) is 9.16. The third-order valence-electron chi connectivity index (χ3n) is 5.66. The molecule has 1 fully saturated rings. The average molecular weight is 426 g/mol. The number of carbonyl (C=O) groups is 1. The second kappa shape index (κ2) is 10.5. The van der Waals surface area contributed by atoms with Gasteiger partial charge in [-0.15, -0.1) is 0 Å². The minimum atomic E-state index is -0.0772. The predicted molar refractivity (Wildman–Crippen MR) is 123 cm³/mol. The number of aliphatic imine (C=N–C) groups is 1. The molecule has 2 N–H and O–H groups in total. The van der Waals surface area contributed by atoms with Crippen LogP contribution in [0.5, 0.6) is 0 Å². The second-order valence-electron chi connectivity index (χ2n) is 9.16. The highest BCUT2D eigenvalue weighted by Crippen LogP contribution is 2.23. The molecule has 2 aromatic rings. The van der Waals surface area contributed by atoms with E-state index < -0.39 is 0 Å². The first-order valence-corrected chi connectivity index (χ1v) is 11.1. The summed E-state index contributed by atoms with van der Waals surface area (Å²) >= 11 is 0. The molecule has 1 aromatic heterocycles. The van der Waals surface area contributed by atoms with Crippen molar-refractivity contribution in [3.63, 3.8) is 0 Å². The summed E-state index contributed by atoms with van der Waals surface area (Å²) in [5, 5.41) is 6.26. The number of piperidine rings is 1. The summed E-state index contributed by atoms with van der Waals surface area (Å²) in [6.45, 7) is 8.52. The van der Waals surface area contributed by atoms with Crippen LogP contribution in [0.1, 0.15) is 50.8 Å². The molecule has 0 atom stereocenters. The zero-order chi connectivity index (χ0) is 22.3. The molecular formula is C24H35N5O2. The van der Waals surface area contributed by atoms with Gasteiger partial charge in [-0.05, 0) is 30.7 Å². The van der Waals surface area contributed by atoms with E-state index in [0.29, 0.717) is 24.3 Å². The molecule has 0 aliphatic carbocycles. The molecule has 1 amide bonds. The van der Waals surface area contributed by atoms with Gasteiger partial charge in [-0.2, -0.15) is 0 Å². The molecule has 1 aromatic carbocycles. The van der Waals surface area contributed by atoms with Crippen LogP contribution in [0.4, 0.5) is 0 Å². The molecule has 3 rings (SSSR count). The van der Waals surface area contributed by atoms with E-state index >= 15 is 0 Å². The minimum Gasteiger partial charge on any atom is -0.443 e. The molecule has 0 saturated carbocycles. The molecule has 0 spiro atoms. The molecule has 1 aliphatic heterocycles. The smallest absolute Gasteiger partial charge is 0.241 e. The lowest BCUT2D eigenvalue weighted by Gasteiger charge is -2.32. The van der Waals surface area contributed by atoms with Crippen molar-refractivity contribution in [3.05, 3.63) is 53.7 Å². The van der Waals surface area contributed by atoms with Crippen LogP contribution in [0.25, 0.3) is 0 Å². The number of hydrogen-bond acceptors (Lipinski definition) is 4. The van der Waals surface area contributed by atoms with Gasteiger partial charge >= 0.3 is 0 Å². The largest absolute Gasteiger partial charge is 0.443 e. The Morgan fingerprint density at radius 3 is 2.52 bits per heavy atom. The summed E-state index contributed by atoms with van der Waals surface area (Å²) in [4.78, 5) is 23.1. The van der Waals surface area contributed by atoms with E-state index in [0.717, 1.165) is 38.1 Å². The first-order valence-electron chi connectivity index (χ1n) is 11.1. The average Bonchev–Trinajstić information content (AvgIpc) is 3.25. The summed E-state index contributed by atoms with van der Waals surface area (Å²) in [5.74, 6) is 2.75. The number of likely N-dealkylation sites (tertiary alicyclic amines) is 1. The zero-order valence-corrected chi connectivity index (χ0v) is 19.1. The molecule has 168 valence electrons. The number of amides is 1. The van der Waals surface area contributed by atoms with E-state index in [1.165, 1.54) is 5.56 Å². The minimum absolute atomic E-state index is 0.0772. The maximum Gasteiger partial charge on any atom is 0.241 e. The van der Waals surface area contributed by atoms with Crippen LogP contribution in [0, 0.1) is 5.92 Å². The van der Waals surface area contributed by atoms with E-state index in [2.05, 4.69) is 71.7 Å². The Hall–Kier alpha value is -2.83. The Labute approximate surface area is 185 Å². The fraction of sp³-hybridized carbons (Fsp3) is 0.542. The van der Waals surface area contributed by atoms with Crippen LogP contribution >= 0.6 is 0 Å². The number of carbonyl (C=O) groups excluding carboxylic acids is 1. The van der Waals surface area contributed by atoms with Crippen molar-refractivity contribution < 1.29 is 9.21 Å². The molecule has 1 saturated heterocycles. The van der Waals surface area contributed by atoms with Gasteiger partial charge in [0.25, 0.3) is 0 Å². The number of benzene rings is 1. The third kappa shape index (κ3) is 6.84. The van der Waals surface area contributed by atoms with Gasteiger partial charge in [0.1, 0.15) is 5.76 Å². The monoisotopic (exact) mass is 425 g/mol. The number of nitrogens with one attached hydrogen (secondary N) is 2. The number of guanidine groups is 1. The van der Waals surface area contributed by atoms with Gasteiger partial charge in [0.2, 0.25) is 11.8 Å². The van der Waals surface area contributed by atoms with Crippen LogP contribution < -0.4 is 10.6 Å². The van der Waals surface area contributed by atoms with Crippen molar-refractivity contribution in [2.45, 2.75) is 52.0 Å². The van der Waals surface area contributed by atoms with Gasteiger partial charge in [0.05, 0.1) is 19.3 Å². The van der Waals surface area contributed by atoms with Crippen LogP contribution in [0.3, 0.4) is 0 Å². The fourth-order valence-corrected chi connectivity index (χ4v) is 3.72. The topological polar surface area (TPSA) is 82.8 Å². The van der Waals surface area contributed by atoms with Crippen molar-refractivity contribution in [1.82, 2.24) is 20.5 Å². The summed E-state index contributed by atoms with van der Waals surface area (Å²) in [6, 6.07) is 10.6. The molecule has 7 nitrogen and oxygen atoms in total. The summed E-state index contributed by atoms with van der Waals surface area (Å²) in [7, 11) is 1.69. The van der Waals surface area contributed by atoms with E-state index in [1.807, 2.05) is 4.90 Å². The van der Waals surface area contributed by atoms with Crippen molar-refractivity contribution in [2.24, 2.45) is 10.9 Å². The Bertz CT molecular complexity index is 862. The van der Waals surface area contributed by atoms with Gasteiger partial charge in [0, 0.05) is 25.6 Å². The number of rotatable bonds is 6. The normalized spacial score (nSPS) is 15.7. The molecule has 2 heterocycles. The van der Waals surface area contributed by atoms with Gasteiger partial charge < -0.3 is 20.0 Å². The quantitative estimate of drug-likeness (QED) is 0.549. The summed E-state index contributed by atoms with van der Waals surface area (Å²) in [6.07, 6.45) is 4.95. The Kier molecular flexibility index (Phi) is 7.71. The summed E-state index contributed by atoms with van der Waals surface area (Å²) < 4.78 is 5.78. The van der Waals surface area contributed by atoms with E-state index in [4.69, 9.17) is 4.42 Å². The van der Waals surface area contributed by atoms with Crippen LogP contribution in [-0.2, 0) is 23.2 Å². The molecule has 0 bridgehead atoms. The lowest BCUT2D eigenvalue weighted by atomic mass is 9.90. The highest BCUT2D eigenvalue weighted by atomic mass is 16.4. The van der Waals surface area contributed by atoms with Gasteiger partial charge in [0.15, 0.2) is 5.96 Å². The fourth-order valence-electron chi connectivity index (χ4n) is 3.72. The number of nitrogens with zero attached hydrogens (tertiary/aromatic N) is 3. The third-order valence-corrected chi connectivity index (χ3v) is 5.66. The Morgan fingerprint density at radius 2 is 1.90 bits per heavy atom. The molecule has 0 unspecified atom stereocenters. The number of hydrogen-bond donors (Lipinski definition) is 2. The van der Waals surface area contributed by atoms with E-state index in [1.54, 1.807) is 13.2 Å².